The van der Waals surface area contributed by atoms with E-state index in [9.17, 15) is 19.2 Å². The Kier molecular flexibility index (Phi) is 9.75. The van der Waals surface area contributed by atoms with Crippen LogP contribution >= 0.6 is 12.4 Å². The number of nitrogens with one attached hydrogen (secondary N) is 1. The number of imidazole rings is 1. The van der Waals surface area contributed by atoms with Gasteiger partial charge in [-0.1, -0.05) is 37.2 Å². The summed E-state index contributed by atoms with van der Waals surface area (Å²) >= 11 is 0. The molecule has 216 valence electrons. The van der Waals surface area contributed by atoms with Gasteiger partial charge in [-0.3, -0.25) is 28.8 Å². The summed E-state index contributed by atoms with van der Waals surface area (Å²) in [6.45, 7) is 1.54. The lowest BCUT2D eigenvalue weighted by molar-refractivity contribution is -0.136. The van der Waals surface area contributed by atoms with Crippen LogP contribution < -0.4 is 16.7 Å². The fraction of sp³-hybridized carbons (Fsp3) is 0.600. The number of piperidine rings is 2. The molecule has 2 aromatic rings. The van der Waals surface area contributed by atoms with Crippen LogP contribution in [0.5, 0.6) is 0 Å². The molecule has 3 aliphatic rings. The molecule has 2 saturated heterocycles. The first-order valence-corrected chi connectivity index (χ1v) is 14.4. The van der Waals surface area contributed by atoms with Gasteiger partial charge >= 0.3 is 5.69 Å². The maximum Gasteiger partial charge on any atom is 0.329 e. The first kappa shape index (κ1) is 29.9. The second kappa shape index (κ2) is 13.0. The lowest BCUT2D eigenvalue weighted by Gasteiger charge is -2.36. The standard InChI is InChI=1S/C30H39N5O4.ClH/c1-33-27-22(12-7-13-23(27)35(30(33)39)24-14-15-25(36)32-28(24)37)11-6-5-8-20-16-18-34(19-17-20)29(38)26(31)21-9-3-2-4-10-21;/h7,12-13,20-21,24,26H,2-5,8-10,14-19,31H2,1H3,(H,32,36,37);1H/t24?,26-;/m0./s1. The molecule has 1 aromatic carbocycles. The zero-order chi connectivity index (χ0) is 27.5. The Morgan fingerprint density at radius 3 is 2.50 bits per heavy atom. The molecule has 9 nitrogen and oxygen atoms in total. The predicted octanol–water partition coefficient (Wildman–Crippen LogP) is 3.02. The molecule has 40 heavy (non-hydrogen) atoms. The number of rotatable bonds is 5. The average Bonchev–Trinajstić information content (AvgIpc) is 3.21. The third kappa shape index (κ3) is 6.13. The Labute approximate surface area is 241 Å². The molecule has 1 unspecified atom stereocenters. The smallest absolute Gasteiger partial charge is 0.329 e. The minimum absolute atomic E-state index is 0. The van der Waals surface area contributed by atoms with E-state index < -0.39 is 11.9 Å². The van der Waals surface area contributed by atoms with Crippen LogP contribution in [0.4, 0.5) is 0 Å². The Morgan fingerprint density at radius 1 is 1.07 bits per heavy atom. The van der Waals surface area contributed by atoms with Crippen LogP contribution in [0.3, 0.4) is 0 Å². The molecule has 1 aliphatic carbocycles. The molecule has 1 aromatic heterocycles. The number of nitrogens with two attached hydrogens (primary N) is 1. The SMILES string of the molecule is Cl.Cn1c(=O)n(C2CCC(=O)NC2=O)c2cccc(C#CCCC3CCN(C(=O)[C@@H](N)C4CCCCC4)CC3)c21. The molecule has 2 aliphatic heterocycles. The van der Waals surface area contributed by atoms with Gasteiger partial charge < -0.3 is 10.6 Å². The van der Waals surface area contributed by atoms with Gasteiger partial charge in [0, 0.05) is 33.0 Å². The van der Waals surface area contributed by atoms with Crippen LogP contribution in [-0.2, 0) is 21.4 Å². The van der Waals surface area contributed by atoms with Gasteiger partial charge in [0.15, 0.2) is 0 Å². The van der Waals surface area contributed by atoms with E-state index >= 15 is 0 Å². The number of halogens is 1. The van der Waals surface area contributed by atoms with Crippen LogP contribution in [0, 0.1) is 23.7 Å². The van der Waals surface area contributed by atoms with Gasteiger partial charge in [0.05, 0.1) is 22.6 Å². The van der Waals surface area contributed by atoms with E-state index in [4.69, 9.17) is 5.73 Å². The monoisotopic (exact) mass is 569 g/mol. The summed E-state index contributed by atoms with van der Waals surface area (Å²) in [7, 11) is 1.69. The van der Waals surface area contributed by atoms with Crippen molar-refractivity contribution in [3.63, 3.8) is 0 Å². The van der Waals surface area contributed by atoms with E-state index in [1.165, 1.54) is 28.4 Å². The van der Waals surface area contributed by atoms with E-state index in [-0.39, 0.29) is 42.4 Å². The predicted molar refractivity (Wildman–Crippen MR) is 156 cm³/mol. The highest BCUT2D eigenvalue weighted by atomic mass is 35.5. The van der Waals surface area contributed by atoms with Gasteiger partial charge in [-0.15, -0.1) is 12.4 Å². The van der Waals surface area contributed by atoms with Gasteiger partial charge in [0.2, 0.25) is 17.7 Å². The molecular formula is C30H40ClN5O4. The normalized spacial score (nSPS) is 21.4. The minimum Gasteiger partial charge on any atom is -0.341 e. The van der Waals surface area contributed by atoms with E-state index in [2.05, 4.69) is 17.2 Å². The number of benzene rings is 1. The number of aromatic nitrogens is 2. The summed E-state index contributed by atoms with van der Waals surface area (Å²) < 4.78 is 3.02. The van der Waals surface area contributed by atoms with Crippen molar-refractivity contribution in [1.82, 2.24) is 19.4 Å². The molecule has 1 saturated carbocycles. The Hall–Kier alpha value is -3.09. The maximum atomic E-state index is 13.1. The molecule has 3 amide bonds. The van der Waals surface area contributed by atoms with Crippen molar-refractivity contribution in [2.24, 2.45) is 24.6 Å². The fourth-order valence-corrected chi connectivity index (χ4v) is 6.55. The molecule has 0 radical (unpaired) electrons. The number of carbonyl (C=O) groups excluding carboxylic acids is 3. The van der Waals surface area contributed by atoms with Crippen LogP contribution in [0.25, 0.3) is 11.0 Å². The lowest BCUT2D eigenvalue weighted by Crippen LogP contribution is -2.50. The van der Waals surface area contributed by atoms with Crippen molar-refractivity contribution in [3.8, 4) is 11.8 Å². The Bertz CT molecular complexity index is 1370. The lowest BCUT2D eigenvalue weighted by atomic mass is 9.83. The largest absolute Gasteiger partial charge is 0.341 e. The summed E-state index contributed by atoms with van der Waals surface area (Å²) in [4.78, 5) is 52.0. The van der Waals surface area contributed by atoms with Gasteiger partial charge in [-0.05, 0) is 62.5 Å². The molecule has 3 heterocycles. The molecule has 3 N–H and O–H groups in total. The van der Waals surface area contributed by atoms with Crippen molar-refractivity contribution < 1.29 is 14.4 Å². The number of carbonyl (C=O) groups is 3. The molecule has 0 spiro atoms. The summed E-state index contributed by atoms with van der Waals surface area (Å²) in [5.41, 5.74) is 8.15. The Morgan fingerprint density at radius 2 is 1.80 bits per heavy atom. The van der Waals surface area contributed by atoms with E-state index in [0.717, 1.165) is 57.2 Å². The van der Waals surface area contributed by atoms with Gasteiger partial charge in [0.25, 0.3) is 0 Å². The number of amides is 3. The van der Waals surface area contributed by atoms with Crippen molar-refractivity contribution in [1.29, 1.82) is 0 Å². The summed E-state index contributed by atoms with van der Waals surface area (Å²) in [5.74, 6) is 6.78. The minimum atomic E-state index is -0.711. The number of likely N-dealkylation sites (tertiary alicyclic amines) is 1. The number of hydrogen-bond donors (Lipinski definition) is 2. The third-order valence-electron chi connectivity index (χ3n) is 8.89. The number of fused-ring (bicyclic) bond motifs is 1. The fourth-order valence-electron chi connectivity index (χ4n) is 6.55. The van der Waals surface area contributed by atoms with Crippen molar-refractivity contribution >= 4 is 41.2 Å². The molecule has 3 fully saturated rings. The summed E-state index contributed by atoms with van der Waals surface area (Å²) in [6, 6.07) is 4.50. The zero-order valence-electron chi connectivity index (χ0n) is 23.2. The maximum absolute atomic E-state index is 13.1. The van der Waals surface area contributed by atoms with Crippen LogP contribution in [0.2, 0.25) is 0 Å². The van der Waals surface area contributed by atoms with Gasteiger partial charge in [-0.25, -0.2) is 4.79 Å². The van der Waals surface area contributed by atoms with Crippen molar-refractivity contribution in [2.45, 2.75) is 82.7 Å². The summed E-state index contributed by atoms with van der Waals surface area (Å²) in [5, 5.41) is 2.34. The van der Waals surface area contributed by atoms with E-state index in [1.54, 1.807) is 7.05 Å². The molecule has 10 heteroatoms. The van der Waals surface area contributed by atoms with Crippen LogP contribution in [-0.4, -0.2) is 50.9 Å². The van der Waals surface area contributed by atoms with Crippen molar-refractivity contribution in [3.05, 3.63) is 34.2 Å². The second-order valence-electron chi connectivity index (χ2n) is 11.4. The third-order valence-corrected chi connectivity index (χ3v) is 8.89. The van der Waals surface area contributed by atoms with Crippen LogP contribution in [0.15, 0.2) is 23.0 Å². The first-order chi connectivity index (χ1) is 18.8. The van der Waals surface area contributed by atoms with Crippen molar-refractivity contribution in [2.75, 3.05) is 13.1 Å². The number of para-hydroxylation sites is 1. The highest BCUT2D eigenvalue weighted by Crippen LogP contribution is 2.28. The molecular weight excluding hydrogens is 530 g/mol. The van der Waals surface area contributed by atoms with Gasteiger partial charge in [-0.2, -0.15) is 0 Å². The first-order valence-electron chi connectivity index (χ1n) is 14.4. The second-order valence-corrected chi connectivity index (χ2v) is 11.4. The van der Waals surface area contributed by atoms with E-state index in [1.807, 2.05) is 23.1 Å². The number of imide groups is 1. The highest BCUT2D eigenvalue weighted by Gasteiger charge is 2.32. The summed E-state index contributed by atoms with van der Waals surface area (Å²) in [6.07, 6.45) is 9.94. The number of aryl methyl sites for hydroxylation is 1. The van der Waals surface area contributed by atoms with E-state index in [0.29, 0.717) is 29.3 Å². The van der Waals surface area contributed by atoms with Crippen LogP contribution in [0.1, 0.15) is 82.2 Å². The topological polar surface area (TPSA) is 119 Å². The number of hydrogen-bond acceptors (Lipinski definition) is 5. The number of nitrogens with zero attached hydrogens (tertiary/aromatic N) is 3. The highest BCUT2D eigenvalue weighted by molar-refractivity contribution is 6.00. The molecule has 0 bridgehead atoms. The average molecular weight is 570 g/mol. The molecule has 2 atom stereocenters. The molecule has 5 rings (SSSR count). The Balaban J connectivity index is 0.00000370. The zero-order valence-corrected chi connectivity index (χ0v) is 24.0. The quantitative estimate of drug-likeness (QED) is 0.424. The van der Waals surface area contributed by atoms with Gasteiger partial charge in [0.1, 0.15) is 6.04 Å².